The van der Waals surface area contributed by atoms with Crippen molar-refractivity contribution >= 4 is 5.91 Å². The molecular formula is C18H21FN2O. The Balaban J connectivity index is 1.83. The van der Waals surface area contributed by atoms with Gasteiger partial charge in [0, 0.05) is 25.2 Å². The standard InChI is InChI=1S/C18H21FN2O/c1-2-21(14-15-8-4-3-5-9-15)18(22)13-20-12-16-10-6-7-11-17(16)19/h3-11,20H,2,12-14H2,1H3. The van der Waals surface area contributed by atoms with Crippen LogP contribution in [0.15, 0.2) is 54.6 Å². The van der Waals surface area contributed by atoms with E-state index in [1.165, 1.54) is 6.07 Å². The molecule has 0 aliphatic rings. The Morgan fingerprint density at radius 2 is 1.77 bits per heavy atom. The molecule has 2 aromatic carbocycles. The average molecular weight is 300 g/mol. The van der Waals surface area contributed by atoms with Gasteiger partial charge in [-0.25, -0.2) is 4.39 Å². The molecular weight excluding hydrogens is 279 g/mol. The van der Waals surface area contributed by atoms with E-state index >= 15 is 0 Å². The average Bonchev–Trinajstić information content (AvgIpc) is 2.55. The van der Waals surface area contributed by atoms with Crippen LogP contribution in [0.5, 0.6) is 0 Å². The molecule has 0 fully saturated rings. The highest BCUT2D eigenvalue weighted by Crippen LogP contribution is 2.06. The van der Waals surface area contributed by atoms with E-state index in [1.807, 2.05) is 37.3 Å². The molecule has 0 bridgehead atoms. The van der Waals surface area contributed by atoms with Gasteiger partial charge in [0.15, 0.2) is 0 Å². The van der Waals surface area contributed by atoms with Crippen molar-refractivity contribution in [1.29, 1.82) is 0 Å². The lowest BCUT2D eigenvalue weighted by molar-refractivity contribution is -0.130. The van der Waals surface area contributed by atoms with Gasteiger partial charge in [0.25, 0.3) is 0 Å². The molecule has 22 heavy (non-hydrogen) atoms. The number of amides is 1. The third kappa shape index (κ3) is 4.67. The van der Waals surface area contributed by atoms with E-state index in [1.54, 1.807) is 23.1 Å². The predicted octanol–water partition coefficient (Wildman–Crippen LogP) is 2.96. The van der Waals surface area contributed by atoms with Crippen molar-refractivity contribution in [2.75, 3.05) is 13.1 Å². The number of hydrogen-bond donors (Lipinski definition) is 1. The van der Waals surface area contributed by atoms with Crippen LogP contribution < -0.4 is 5.32 Å². The first-order chi connectivity index (χ1) is 10.7. The van der Waals surface area contributed by atoms with Gasteiger partial charge in [-0.05, 0) is 18.6 Å². The van der Waals surface area contributed by atoms with Gasteiger partial charge in [0.2, 0.25) is 5.91 Å². The summed E-state index contributed by atoms with van der Waals surface area (Å²) >= 11 is 0. The molecule has 1 N–H and O–H groups in total. The lowest BCUT2D eigenvalue weighted by atomic mass is 10.2. The van der Waals surface area contributed by atoms with Crippen molar-refractivity contribution in [1.82, 2.24) is 10.2 Å². The smallest absolute Gasteiger partial charge is 0.236 e. The van der Waals surface area contributed by atoms with Crippen LogP contribution in [0.1, 0.15) is 18.1 Å². The van der Waals surface area contributed by atoms with E-state index in [9.17, 15) is 9.18 Å². The van der Waals surface area contributed by atoms with Crippen LogP contribution in [-0.4, -0.2) is 23.9 Å². The third-order valence-corrected chi connectivity index (χ3v) is 3.50. The van der Waals surface area contributed by atoms with Crippen LogP contribution in [0.3, 0.4) is 0 Å². The fourth-order valence-corrected chi connectivity index (χ4v) is 2.24. The zero-order chi connectivity index (χ0) is 15.8. The van der Waals surface area contributed by atoms with E-state index in [2.05, 4.69) is 5.32 Å². The van der Waals surface area contributed by atoms with E-state index in [4.69, 9.17) is 0 Å². The summed E-state index contributed by atoms with van der Waals surface area (Å²) in [7, 11) is 0. The van der Waals surface area contributed by atoms with E-state index in [-0.39, 0.29) is 18.3 Å². The van der Waals surface area contributed by atoms with Crippen LogP contribution in [0.25, 0.3) is 0 Å². The van der Waals surface area contributed by atoms with Crippen molar-refractivity contribution in [2.45, 2.75) is 20.0 Å². The van der Waals surface area contributed by atoms with E-state index in [0.717, 1.165) is 5.56 Å². The zero-order valence-corrected chi connectivity index (χ0v) is 12.8. The van der Waals surface area contributed by atoms with Crippen molar-refractivity contribution in [3.05, 3.63) is 71.5 Å². The molecule has 0 atom stereocenters. The molecule has 2 rings (SSSR count). The molecule has 2 aromatic rings. The van der Waals surface area contributed by atoms with Gasteiger partial charge < -0.3 is 10.2 Å². The van der Waals surface area contributed by atoms with Gasteiger partial charge >= 0.3 is 0 Å². The van der Waals surface area contributed by atoms with Crippen LogP contribution in [0, 0.1) is 5.82 Å². The molecule has 4 heteroatoms. The molecule has 0 heterocycles. The Kier molecular flexibility index (Phi) is 6.10. The molecule has 0 spiro atoms. The van der Waals surface area contributed by atoms with Crippen molar-refractivity contribution in [3.63, 3.8) is 0 Å². The third-order valence-electron chi connectivity index (χ3n) is 3.50. The summed E-state index contributed by atoms with van der Waals surface area (Å²) < 4.78 is 13.5. The minimum atomic E-state index is -0.251. The summed E-state index contributed by atoms with van der Waals surface area (Å²) in [6.07, 6.45) is 0. The van der Waals surface area contributed by atoms with Gasteiger partial charge in [0.05, 0.1) is 6.54 Å². The first kappa shape index (κ1) is 16.2. The second-order valence-corrected chi connectivity index (χ2v) is 5.09. The Bertz CT molecular complexity index is 601. The number of nitrogens with one attached hydrogen (secondary N) is 1. The summed E-state index contributed by atoms with van der Waals surface area (Å²) in [6.45, 7) is 3.75. The first-order valence-corrected chi connectivity index (χ1v) is 7.46. The highest BCUT2D eigenvalue weighted by Gasteiger charge is 2.11. The molecule has 0 saturated heterocycles. The highest BCUT2D eigenvalue weighted by atomic mass is 19.1. The SMILES string of the molecule is CCN(Cc1ccccc1)C(=O)CNCc1ccccc1F. The summed E-state index contributed by atoms with van der Waals surface area (Å²) in [5.74, 6) is -0.234. The molecule has 0 aromatic heterocycles. The van der Waals surface area contributed by atoms with E-state index < -0.39 is 0 Å². The first-order valence-electron chi connectivity index (χ1n) is 7.46. The molecule has 116 valence electrons. The van der Waals surface area contributed by atoms with Crippen LogP contribution >= 0.6 is 0 Å². The van der Waals surface area contributed by atoms with Gasteiger partial charge in [-0.2, -0.15) is 0 Å². The number of rotatable bonds is 7. The lowest BCUT2D eigenvalue weighted by Crippen LogP contribution is -2.37. The summed E-state index contributed by atoms with van der Waals surface area (Å²) in [5, 5.41) is 3.01. The topological polar surface area (TPSA) is 32.3 Å². The largest absolute Gasteiger partial charge is 0.338 e. The fraction of sp³-hybridized carbons (Fsp3) is 0.278. The second-order valence-electron chi connectivity index (χ2n) is 5.09. The van der Waals surface area contributed by atoms with Crippen molar-refractivity contribution in [2.24, 2.45) is 0 Å². The van der Waals surface area contributed by atoms with Crippen LogP contribution in [-0.2, 0) is 17.9 Å². The predicted molar refractivity (Wildman–Crippen MR) is 85.6 cm³/mol. The number of likely N-dealkylation sites (N-methyl/N-ethyl adjacent to an activating group) is 1. The van der Waals surface area contributed by atoms with Gasteiger partial charge in [-0.1, -0.05) is 48.5 Å². The fourth-order valence-electron chi connectivity index (χ4n) is 2.24. The number of nitrogens with zero attached hydrogens (tertiary/aromatic N) is 1. The van der Waals surface area contributed by atoms with Crippen LogP contribution in [0.4, 0.5) is 4.39 Å². The Morgan fingerprint density at radius 3 is 2.45 bits per heavy atom. The quantitative estimate of drug-likeness (QED) is 0.852. The summed E-state index contributed by atoms with van der Waals surface area (Å²) in [5.41, 5.74) is 1.67. The number of hydrogen-bond acceptors (Lipinski definition) is 2. The summed E-state index contributed by atoms with van der Waals surface area (Å²) in [4.78, 5) is 14.0. The highest BCUT2D eigenvalue weighted by molar-refractivity contribution is 5.78. The molecule has 0 unspecified atom stereocenters. The second kappa shape index (κ2) is 8.29. The summed E-state index contributed by atoms with van der Waals surface area (Å²) in [6, 6.07) is 16.5. The zero-order valence-electron chi connectivity index (χ0n) is 12.8. The Hall–Kier alpha value is -2.20. The van der Waals surface area contributed by atoms with Gasteiger partial charge in [-0.15, -0.1) is 0 Å². The van der Waals surface area contributed by atoms with Crippen molar-refractivity contribution < 1.29 is 9.18 Å². The maximum Gasteiger partial charge on any atom is 0.236 e. The maximum atomic E-state index is 13.5. The lowest BCUT2D eigenvalue weighted by Gasteiger charge is -2.21. The molecule has 1 amide bonds. The number of halogens is 1. The normalized spacial score (nSPS) is 10.5. The minimum absolute atomic E-state index is 0.0164. The van der Waals surface area contributed by atoms with Gasteiger partial charge in [-0.3, -0.25) is 4.79 Å². The Labute approximate surface area is 130 Å². The van der Waals surface area contributed by atoms with Crippen molar-refractivity contribution in [3.8, 4) is 0 Å². The number of benzene rings is 2. The molecule has 0 saturated carbocycles. The maximum absolute atomic E-state index is 13.5. The monoisotopic (exact) mass is 300 g/mol. The molecule has 0 aliphatic heterocycles. The number of carbonyl (C=O) groups excluding carboxylic acids is 1. The molecule has 0 radical (unpaired) electrons. The molecule has 3 nitrogen and oxygen atoms in total. The van der Waals surface area contributed by atoms with Crippen LogP contribution in [0.2, 0.25) is 0 Å². The Morgan fingerprint density at radius 1 is 1.09 bits per heavy atom. The molecule has 0 aliphatic carbocycles. The minimum Gasteiger partial charge on any atom is -0.338 e. The van der Waals surface area contributed by atoms with Gasteiger partial charge in [0.1, 0.15) is 5.82 Å². The van der Waals surface area contributed by atoms with E-state index in [0.29, 0.717) is 25.2 Å². The number of carbonyl (C=O) groups is 1.